The summed E-state index contributed by atoms with van der Waals surface area (Å²) in [6.07, 6.45) is 5.30. The molecular formula is C27H18N6O. The lowest BCUT2D eigenvalue weighted by atomic mass is 9.83. The molecule has 0 aliphatic carbocycles. The number of hydrogen-bond donors (Lipinski definition) is 1. The van der Waals surface area contributed by atoms with Crippen LogP contribution in [0.15, 0.2) is 91.5 Å². The van der Waals surface area contributed by atoms with Gasteiger partial charge in [-0.1, -0.05) is 54.6 Å². The minimum atomic E-state index is -0.168. The van der Waals surface area contributed by atoms with Gasteiger partial charge in [0.15, 0.2) is 11.5 Å². The maximum atomic E-state index is 6.45. The van der Waals surface area contributed by atoms with Crippen LogP contribution < -0.4 is 10.5 Å². The van der Waals surface area contributed by atoms with Crippen molar-refractivity contribution in [2.24, 2.45) is 0 Å². The molecule has 4 heterocycles. The topological polar surface area (TPSA) is 91.2 Å². The molecule has 34 heavy (non-hydrogen) atoms. The Bertz CT molecular complexity index is 1710. The van der Waals surface area contributed by atoms with Crippen LogP contribution in [0.3, 0.4) is 0 Å². The minimum absolute atomic E-state index is 0.168. The molecule has 0 amide bonds. The number of anilines is 1. The number of pyridine rings is 1. The van der Waals surface area contributed by atoms with Crippen LogP contribution in [0.4, 0.5) is 5.69 Å². The smallest absolute Gasteiger partial charge is 0.228 e. The third-order valence-electron chi connectivity index (χ3n) is 6.31. The average Bonchev–Trinajstić information content (AvgIpc) is 3.32. The van der Waals surface area contributed by atoms with Gasteiger partial charge in [0.1, 0.15) is 12.1 Å². The first-order valence-electron chi connectivity index (χ1n) is 11.0. The second kappa shape index (κ2) is 7.11. The Kier molecular flexibility index (Phi) is 3.92. The fourth-order valence-corrected chi connectivity index (χ4v) is 4.75. The number of aromatic nitrogens is 5. The number of rotatable bonds is 2. The van der Waals surface area contributed by atoms with Gasteiger partial charge in [-0.25, -0.2) is 14.5 Å². The predicted molar refractivity (Wildman–Crippen MR) is 130 cm³/mol. The van der Waals surface area contributed by atoms with Crippen LogP contribution in [0.1, 0.15) is 22.6 Å². The number of nitrogens with two attached hydrogens (primary N) is 1. The number of nitrogen functional groups attached to an aromatic ring is 1. The highest BCUT2D eigenvalue weighted by Gasteiger charge is 2.34. The van der Waals surface area contributed by atoms with Gasteiger partial charge in [-0.15, -0.1) is 5.10 Å². The van der Waals surface area contributed by atoms with Gasteiger partial charge in [0.25, 0.3) is 0 Å². The number of ether oxygens (including phenoxy) is 1. The van der Waals surface area contributed by atoms with Crippen molar-refractivity contribution < 1.29 is 4.74 Å². The lowest BCUT2D eigenvalue weighted by Gasteiger charge is -2.28. The van der Waals surface area contributed by atoms with E-state index in [0.29, 0.717) is 23.0 Å². The maximum absolute atomic E-state index is 6.45. The van der Waals surface area contributed by atoms with E-state index in [9.17, 15) is 0 Å². The zero-order valence-corrected chi connectivity index (χ0v) is 18.0. The van der Waals surface area contributed by atoms with E-state index in [1.807, 2.05) is 48.7 Å². The van der Waals surface area contributed by atoms with Gasteiger partial charge in [0.05, 0.1) is 5.56 Å². The van der Waals surface area contributed by atoms with E-state index in [2.05, 4.69) is 45.4 Å². The summed E-state index contributed by atoms with van der Waals surface area (Å²) in [6, 6.07) is 24.0. The van der Waals surface area contributed by atoms with Crippen molar-refractivity contribution in [3.05, 3.63) is 108 Å². The minimum Gasteiger partial charge on any atom is -0.438 e. The maximum Gasteiger partial charge on any atom is 0.228 e. The van der Waals surface area contributed by atoms with E-state index < -0.39 is 0 Å². The number of nitrogens with zero attached hydrogens (tertiary/aromatic N) is 5. The largest absolute Gasteiger partial charge is 0.438 e. The second-order valence-electron chi connectivity index (χ2n) is 8.28. The molecule has 7 nitrogen and oxygen atoms in total. The normalized spacial score (nSPS) is 14.5. The summed E-state index contributed by atoms with van der Waals surface area (Å²) in [5.41, 5.74) is 11.2. The summed E-state index contributed by atoms with van der Waals surface area (Å²) in [6.45, 7) is 0. The molecule has 2 N–H and O–H groups in total. The van der Waals surface area contributed by atoms with Crippen molar-refractivity contribution in [3.8, 4) is 23.0 Å². The van der Waals surface area contributed by atoms with Crippen LogP contribution in [0.25, 0.3) is 27.8 Å². The fraction of sp³-hybridized carbons (Fsp3) is 0.0370. The lowest BCUT2D eigenvalue weighted by Crippen LogP contribution is -2.15. The second-order valence-corrected chi connectivity index (χ2v) is 8.28. The van der Waals surface area contributed by atoms with Crippen molar-refractivity contribution >= 4 is 22.1 Å². The molecule has 6 aromatic rings. The molecule has 3 aromatic heterocycles. The Morgan fingerprint density at radius 2 is 1.79 bits per heavy atom. The molecular weight excluding hydrogens is 424 g/mol. The highest BCUT2D eigenvalue weighted by atomic mass is 16.5. The number of hydrogen-bond acceptors (Lipinski definition) is 6. The number of fused-ring (bicyclic) bond motifs is 6. The summed E-state index contributed by atoms with van der Waals surface area (Å²) in [5.74, 6) is 1.70. The molecule has 0 fully saturated rings. The van der Waals surface area contributed by atoms with Gasteiger partial charge in [-0.05, 0) is 29.1 Å². The molecule has 1 aliphatic heterocycles. The van der Waals surface area contributed by atoms with Crippen LogP contribution in [0.2, 0.25) is 0 Å². The fourth-order valence-electron chi connectivity index (χ4n) is 4.75. The molecule has 0 radical (unpaired) electrons. The molecule has 0 saturated heterocycles. The van der Waals surface area contributed by atoms with E-state index in [1.165, 1.54) is 0 Å². The standard InChI is InChI=1S/C27H18N6O/c28-21-10-4-3-9-19(21)25-31-26-23-22(17-7-5-13-29-14-17)20-12-11-16-6-1-2-8-18(16)24(20)34-27(23)30-15-33(26)32-25/h1-15,22H,28H2/t22-/m1/s1. The molecule has 3 aromatic carbocycles. The van der Waals surface area contributed by atoms with Gasteiger partial charge in [0.2, 0.25) is 5.88 Å². The monoisotopic (exact) mass is 442 g/mol. The average molecular weight is 442 g/mol. The Morgan fingerprint density at radius 3 is 2.68 bits per heavy atom. The van der Waals surface area contributed by atoms with Gasteiger partial charge in [0, 0.05) is 40.5 Å². The number of para-hydroxylation sites is 1. The Labute approximate surface area is 194 Å². The molecule has 7 rings (SSSR count). The van der Waals surface area contributed by atoms with Crippen LogP contribution in [0.5, 0.6) is 11.6 Å². The molecule has 0 spiro atoms. The van der Waals surface area contributed by atoms with Crippen molar-refractivity contribution in [2.75, 3.05) is 5.73 Å². The SMILES string of the molecule is Nc1ccccc1-c1nc2c3c(ncn2n1)Oc1c(ccc2ccccc12)[C@H]3c1cccnc1. The van der Waals surface area contributed by atoms with Crippen molar-refractivity contribution in [1.29, 1.82) is 0 Å². The van der Waals surface area contributed by atoms with Gasteiger partial charge < -0.3 is 10.5 Å². The van der Waals surface area contributed by atoms with E-state index in [4.69, 9.17) is 15.5 Å². The van der Waals surface area contributed by atoms with Crippen LogP contribution >= 0.6 is 0 Å². The molecule has 162 valence electrons. The lowest BCUT2D eigenvalue weighted by molar-refractivity contribution is 0.437. The Balaban J connectivity index is 1.53. The molecule has 0 saturated carbocycles. The van der Waals surface area contributed by atoms with E-state index in [0.717, 1.165) is 38.8 Å². The van der Waals surface area contributed by atoms with Crippen molar-refractivity contribution in [3.63, 3.8) is 0 Å². The van der Waals surface area contributed by atoms with E-state index in [1.54, 1.807) is 17.0 Å². The van der Waals surface area contributed by atoms with E-state index >= 15 is 0 Å². The summed E-state index contributed by atoms with van der Waals surface area (Å²) in [7, 11) is 0. The molecule has 0 unspecified atom stereocenters. The Morgan fingerprint density at radius 1 is 0.912 bits per heavy atom. The first-order chi connectivity index (χ1) is 16.8. The third-order valence-corrected chi connectivity index (χ3v) is 6.31. The molecule has 0 bridgehead atoms. The molecule has 1 atom stereocenters. The highest BCUT2D eigenvalue weighted by molar-refractivity contribution is 5.91. The zero-order valence-electron chi connectivity index (χ0n) is 18.0. The van der Waals surface area contributed by atoms with Crippen LogP contribution in [0, 0.1) is 0 Å². The summed E-state index contributed by atoms with van der Waals surface area (Å²) in [4.78, 5) is 13.9. The third kappa shape index (κ3) is 2.70. The number of benzene rings is 3. The predicted octanol–water partition coefficient (Wildman–Crippen LogP) is 5.21. The van der Waals surface area contributed by atoms with Gasteiger partial charge in [-0.3, -0.25) is 4.98 Å². The molecule has 7 heteroatoms. The highest BCUT2D eigenvalue weighted by Crippen LogP contribution is 2.50. The molecule has 1 aliphatic rings. The summed E-state index contributed by atoms with van der Waals surface area (Å²) < 4.78 is 8.15. The van der Waals surface area contributed by atoms with E-state index in [-0.39, 0.29) is 5.92 Å². The zero-order chi connectivity index (χ0) is 22.6. The first kappa shape index (κ1) is 18.8. The summed E-state index contributed by atoms with van der Waals surface area (Å²) >= 11 is 0. The Hall–Kier alpha value is -4.78. The van der Waals surface area contributed by atoms with Gasteiger partial charge in [-0.2, -0.15) is 0 Å². The van der Waals surface area contributed by atoms with Crippen molar-refractivity contribution in [2.45, 2.75) is 5.92 Å². The van der Waals surface area contributed by atoms with Gasteiger partial charge >= 0.3 is 0 Å². The first-order valence-corrected chi connectivity index (χ1v) is 11.0. The summed E-state index contributed by atoms with van der Waals surface area (Å²) in [5, 5.41) is 6.83. The van der Waals surface area contributed by atoms with Crippen LogP contribution in [-0.4, -0.2) is 24.6 Å². The quantitative estimate of drug-likeness (QED) is 0.370. The van der Waals surface area contributed by atoms with Crippen molar-refractivity contribution in [1.82, 2.24) is 24.6 Å². The van der Waals surface area contributed by atoms with Crippen LogP contribution in [-0.2, 0) is 0 Å².